The Kier molecular flexibility index (Phi) is 21.8. The van der Waals surface area contributed by atoms with E-state index in [2.05, 4.69) is 16.0 Å². The monoisotopic (exact) mass is 1100 g/mol. The first-order valence-corrected chi connectivity index (χ1v) is 23.9. The highest BCUT2D eigenvalue weighted by Gasteiger charge is 2.57. The van der Waals surface area contributed by atoms with Crippen LogP contribution in [-0.4, -0.2) is 317 Å². The fraction of sp³-hybridized carbons (Fsp3) is 0.929. The van der Waals surface area contributed by atoms with Gasteiger partial charge in [-0.05, 0) is 6.92 Å². The molecule has 0 saturated carbocycles. The molecule has 0 radical (unpaired) electrons. The van der Waals surface area contributed by atoms with Gasteiger partial charge in [-0.3, -0.25) is 14.4 Å². The van der Waals surface area contributed by atoms with Crippen LogP contribution in [0.3, 0.4) is 0 Å². The molecule has 30 atom stereocenters. The van der Waals surface area contributed by atoms with Gasteiger partial charge in [-0.1, -0.05) is 0 Å². The lowest BCUT2D eigenvalue weighted by atomic mass is 9.94. The standard InChI is InChI=1S/C42H71N3O30/c1-10-22(53)28(59)31(62)40(66-10)75-36-29(60)24(55)15(6-47)69-42(36)74-35-21(45-13(4)52)37(64)67-18(25(35)56)9-65-38-20(44-12(3)51)27(58)33(16(7-48)70-38)73-41-32(63)30(61)34(17(8-49)71-41)72-39-19(43-11(2)50)26(57)23(54)14(5-46)68-39/h10,14-42,46-49,53-64H,5-9H2,1-4H3,(H,43,50)(H,44,51)(H,45,52)/t10-,14+,15+,16+,17+,18+,19+,20+,21+,22+,23+,24-,25-,26+,27+,28+,29-,30+,31-,32+,33+,34-,35+,36+,37?,38+,39+,40-,41-,42-/m0/s1. The lowest BCUT2D eigenvalue weighted by Crippen LogP contribution is -2.70. The van der Waals surface area contributed by atoms with Gasteiger partial charge in [0.1, 0.15) is 140 Å². The largest absolute Gasteiger partial charge is 0.394 e. The van der Waals surface area contributed by atoms with Crippen LogP contribution in [0, 0.1) is 0 Å². The van der Waals surface area contributed by atoms with Crippen molar-refractivity contribution >= 4 is 17.7 Å². The third kappa shape index (κ3) is 13.7. The molecule has 1 unspecified atom stereocenters. The van der Waals surface area contributed by atoms with Gasteiger partial charge in [0.2, 0.25) is 17.7 Å². The number of ether oxygens (including phenoxy) is 11. The van der Waals surface area contributed by atoms with Crippen LogP contribution in [-0.2, 0) is 66.5 Å². The number of hydrogen-bond acceptors (Lipinski definition) is 30. The van der Waals surface area contributed by atoms with Crippen LogP contribution in [0.15, 0.2) is 0 Å². The highest BCUT2D eigenvalue weighted by atomic mass is 16.8. The maximum absolute atomic E-state index is 12.5. The second kappa shape index (κ2) is 26.5. The van der Waals surface area contributed by atoms with Crippen LogP contribution in [0.4, 0.5) is 0 Å². The number of rotatable bonds is 18. The average molecular weight is 1100 g/mol. The smallest absolute Gasteiger partial charge is 0.217 e. The molecule has 6 heterocycles. The van der Waals surface area contributed by atoms with Crippen molar-refractivity contribution in [2.75, 3.05) is 33.0 Å². The first-order chi connectivity index (χ1) is 35.4. The Hall–Kier alpha value is -2.67. The minimum atomic E-state index is -2.13. The first kappa shape index (κ1) is 61.5. The van der Waals surface area contributed by atoms with E-state index in [-0.39, 0.29) is 0 Å². The van der Waals surface area contributed by atoms with E-state index in [0.717, 1.165) is 20.8 Å². The molecule has 434 valence electrons. The summed E-state index contributed by atoms with van der Waals surface area (Å²) in [6, 6.07) is -4.85. The van der Waals surface area contributed by atoms with Crippen molar-refractivity contribution < 1.29 is 148 Å². The molecule has 6 aliphatic heterocycles. The van der Waals surface area contributed by atoms with E-state index in [9.17, 15) is 96.1 Å². The van der Waals surface area contributed by atoms with Crippen molar-refractivity contribution in [1.82, 2.24) is 16.0 Å². The van der Waals surface area contributed by atoms with Crippen molar-refractivity contribution in [2.45, 2.75) is 212 Å². The second-order valence-electron chi connectivity index (χ2n) is 19.0. The number of amides is 3. The third-order valence-corrected chi connectivity index (χ3v) is 13.6. The topological polar surface area (TPSA) is 513 Å². The Morgan fingerprint density at radius 3 is 1.35 bits per heavy atom. The molecular formula is C42H71N3O30. The molecule has 6 saturated heterocycles. The number of carbonyl (C=O) groups excluding carboxylic acids is 3. The molecule has 33 nitrogen and oxygen atoms in total. The van der Waals surface area contributed by atoms with E-state index in [0.29, 0.717) is 0 Å². The highest BCUT2D eigenvalue weighted by molar-refractivity contribution is 5.74. The Morgan fingerprint density at radius 1 is 0.373 bits per heavy atom. The molecule has 0 aromatic heterocycles. The van der Waals surface area contributed by atoms with Gasteiger partial charge in [0, 0.05) is 20.8 Å². The zero-order valence-electron chi connectivity index (χ0n) is 40.7. The summed E-state index contributed by atoms with van der Waals surface area (Å²) in [4.78, 5) is 36.9. The van der Waals surface area contributed by atoms with E-state index in [4.69, 9.17) is 52.1 Å². The fourth-order valence-corrected chi connectivity index (χ4v) is 9.55. The number of aliphatic hydroxyl groups is 16. The van der Waals surface area contributed by atoms with E-state index in [1.54, 1.807) is 0 Å². The number of hydrogen-bond donors (Lipinski definition) is 19. The first-order valence-electron chi connectivity index (χ1n) is 23.9. The van der Waals surface area contributed by atoms with E-state index < -0.39 is 235 Å². The van der Waals surface area contributed by atoms with Crippen LogP contribution >= 0.6 is 0 Å². The van der Waals surface area contributed by atoms with Crippen molar-refractivity contribution in [2.24, 2.45) is 0 Å². The molecule has 6 fully saturated rings. The Balaban J connectivity index is 1.18. The zero-order chi connectivity index (χ0) is 55.5. The molecule has 75 heavy (non-hydrogen) atoms. The molecule has 3 amide bonds. The Morgan fingerprint density at radius 2 is 0.787 bits per heavy atom. The maximum Gasteiger partial charge on any atom is 0.217 e. The minimum Gasteiger partial charge on any atom is -0.394 e. The predicted octanol–water partition coefficient (Wildman–Crippen LogP) is -12.6. The summed E-state index contributed by atoms with van der Waals surface area (Å²) in [7, 11) is 0. The summed E-state index contributed by atoms with van der Waals surface area (Å²) < 4.78 is 63.3. The van der Waals surface area contributed by atoms with Gasteiger partial charge in [-0.15, -0.1) is 0 Å². The summed E-state index contributed by atoms with van der Waals surface area (Å²) in [5.41, 5.74) is 0. The van der Waals surface area contributed by atoms with Crippen molar-refractivity contribution in [3.05, 3.63) is 0 Å². The third-order valence-electron chi connectivity index (χ3n) is 13.6. The molecule has 0 aromatic carbocycles. The summed E-state index contributed by atoms with van der Waals surface area (Å²) in [5, 5.41) is 179. The average Bonchev–Trinajstić information content (AvgIpc) is 3.36. The SMILES string of the molecule is CC(=O)N[C@H]1[C@H](OC[C@H]2OC(O)[C@H](NC(C)=O)[C@@H](O[C@@H]3O[C@H](CO)[C@H](O)[C@H](O)[C@H]3O[C@@H]3O[C@@H](C)[C@@H](O)[C@@H](O)[C@@H]3O)[C@H]2O)O[C@H](CO)[C@@H](O[C@@H]2O[C@H](CO)[C@H](O[C@H]3O[C@H](CO)[C@@H](O)[C@H](O)[C@H]3NC(C)=O)[C@H](O)[C@H]2O)[C@@H]1O. The lowest BCUT2D eigenvalue weighted by molar-refractivity contribution is -0.381. The summed E-state index contributed by atoms with van der Waals surface area (Å²) in [6.45, 7) is -0.0887. The van der Waals surface area contributed by atoms with E-state index >= 15 is 0 Å². The van der Waals surface area contributed by atoms with Gasteiger partial charge < -0.3 is 150 Å². The van der Waals surface area contributed by atoms with Crippen molar-refractivity contribution in [3.63, 3.8) is 0 Å². The number of nitrogens with one attached hydrogen (secondary N) is 3. The molecule has 6 rings (SSSR count). The lowest BCUT2D eigenvalue weighted by Gasteiger charge is -2.49. The van der Waals surface area contributed by atoms with Gasteiger partial charge in [0.25, 0.3) is 0 Å². The Bertz CT molecular complexity index is 1850. The van der Waals surface area contributed by atoms with Gasteiger partial charge in [0.15, 0.2) is 37.7 Å². The maximum atomic E-state index is 12.5. The quantitative estimate of drug-likeness (QED) is 0.0606. The highest BCUT2D eigenvalue weighted by Crippen LogP contribution is 2.36. The van der Waals surface area contributed by atoms with Gasteiger partial charge in [0.05, 0.1) is 39.1 Å². The molecule has 19 N–H and O–H groups in total. The molecule has 0 aliphatic carbocycles. The summed E-state index contributed by atoms with van der Waals surface area (Å²) in [6.07, 6.45) is -48.8. The Labute approximate surface area is 426 Å². The van der Waals surface area contributed by atoms with Crippen molar-refractivity contribution in [1.29, 1.82) is 0 Å². The molecule has 33 heteroatoms. The van der Waals surface area contributed by atoms with Gasteiger partial charge in [-0.2, -0.15) is 0 Å². The van der Waals surface area contributed by atoms with E-state index in [1.807, 2.05) is 0 Å². The van der Waals surface area contributed by atoms with Crippen LogP contribution < -0.4 is 16.0 Å². The normalized spacial score (nSPS) is 48.6. The van der Waals surface area contributed by atoms with Gasteiger partial charge in [-0.25, -0.2) is 0 Å². The molecule has 0 bridgehead atoms. The van der Waals surface area contributed by atoms with Crippen LogP contribution in [0.25, 0.3) is 0 Å². The van der Waals surface area contributed by atoms with Crippen molar-refractivity contribution in [3.8, 4) is 0 Å². The van der Waals surface area contributed by atoms with Crippen LogP contribution in [0.5, 0.6) is 0 Å². The summed E-state index contributed by atoms with van der Waals surface area (Å²) >= 11 is 0. The molecule has 0 aromatic rings. The van der Waals surface area contributed by atoms with Gasteiger partial charge >= 0.3 is 0 Å². The molecular weight excluding hydrogens is 1030 g/mol. The summed E-state index contributed by atoms with van der Waals surface area (Å²) in [5.74, 6) is -2.31. The van der Waals surface area contributed by atoms with Crippen LogP contribution in [0.2, 0.25) is 0 Å². The molecule has 6 aliphatic rings. The number of carbonyl (C=O) groups is 3. The van der Waals surface area contributed by atoms with E-state index in [1.165, 1.54) is 6.92 Å². The zero-order valence-corrected chi connectivity index (χ0v) is 40.7. The predicted molar refractivity (Wildman–Crippen MR) is 233 cm³/mol. The fourth-order valence-electron chi connectivity index (χ4n) is 9.55. The second-order valence-corrected chi connectivity index (χ2v) is 19.0. The minimum absolute atomic E-state index is 0.714. The number of aliphatic hydroxyl groups excluding tert-OH is 16. The molecule has 0 spiro atoms. The van der Waals surface area contributed by atoms with Crippen LogP contribution in [0.1, 0.15) is 27.7 Å².